The average molecular weight is 549 g/mol. The van der Waals surface area contributed by atoms with Crippen molar-refractivity contribution in [1.29, 1.82) is 0 Å². The Hall–Kier alpha value is -3.43. The van der Waals surface area contributed by atoms with Crippen molar-refractivity contribution < 1.29 is 9.53 Å². The monoisotopic (exact) mass is 548 g/mol. The van der Waals surface area contributed by atoms with Gasteiger partial charge in [0.1, 0.15) is 17.2 Å². The number of hydrogen-bond acceptors (Lipinski definition) is 6. The molecule has 3 heterocycles. The van der Waals surface area contributed by atoms with Crippen LogP contribution in [0.25, 0.3) is 11.0 Å². The summed E-state index contributed by atoms with van der Waals surface area (Å²) in [6, 6.07) is 17.6. The summed E-state index contributed by atoms with van der Waals surface area (Å²) in [7, 11) is 1.97. The molecule has 1 amide bonds. The summed E-state index contributed by atoms with van der Waals surface area (Å²) in [5, 5.41) is 9.82. The highest BCUT2D eigenvalue weighted by Gasteiger charge is 2.14. The molecule has 8 nitrogen and oxygen atoms in total. The largest absolute Gasteiger partial charge is 0.457 e. The summed E-state index contributed by atoms with van der Waals surface area (Å²) in [6.45, 7) is 1.68. The van der Waals surface area contributed by atoms with Gasteiger partial charge < -0.3 is 25.3 Å². The molecule has 0 aliphatic carbocycles. The van der Waals surface area contributed by atoms with Gasteiger partial charge >= 0.3 is 0 Å². The highest BCUT2D eigenvalue weighted by atomic mass is 79.9. The molecule has 0 spiro atoms. The molecule has 1 saturated heterocycles. The molecule has 4 aromatic rings. The number of halogens is 1. The number of ether oxygens (including phenoxy) is 1. The molecular weight excluding hydrogens is 520 g/mol. The third kappa shape index (κ3) is 5.85. The lowest BCUT2D eigenvalue weighted by Crippen LogP contribution is -2.37. The zero-order chi connectivity index (χ0) is 24.9. The highest BCUT2D eigenvalue weighted by molar-refractivity contribution is 9.10. The number of hydrogen-bond donors (Lipinski definition) is 3. The van der Waals surface area contributed by atoms with E-state index in [2.05, 4.69) is 36.9 Å². The van der Waals surface area contributed by atoms with Gasteiger partial charge in [0.25, 0.3) is 5.91 Å². The van der Waals surface area contributed by atoms with Crippen LogP contribution in [0.4, 0.5) is 11.6 Å². The van der Waals surface area contributed by atoms with Gasteiger partial charge in [-0.05, 0) is 68.3 Å². The summed E-state index contributed by atoms with van der Waals surface area (Å²) in [5.74, 6) is 1.72. The molecule has 1 fully saturated rings. The van der Waals surface area contributed by atoms with Crippen molar-refractivity contribution >= 4 is 44.5 Å². The zero-order valence-electron chi connectivity index (χ0n) is 20.1. The SMILES string of the molecule is Cn1c(Nc2ccc(Br)cc2)nc2cc(Oc3ccnc(C(=O)NCCC4CCCCN4)c3)ccc21. The number of carbonyl (C=O) groups excluding carboxylic acids is 1. The Labute approximate surface area is 218 Å². The van der Waals surface area contributed by atoms with Crippen LogP contribution in [0.5, 0.6) is 11.5 Å². The Morgan fingerprint density at radius 2 is 1.97 bits per heavy atom. The lowest BCUT2D eigenvalue weighted by molar-refractivity contribution is 0.0946. The standard InChI is InChI=1S/C27H29BrN6O2/c1-34-25-10-9-21(16-23(25)33-27(34)32-20-7-5-18(28)6-8-20)36-22-12-15-30-24(17-22)26(35)31-14-11-19-4-2-3-13-29-19/h5-10,12,15-17,19,29H,2-4,11,13-14H2,1H3,(H,31,35)(H,32,33). The minimum absolute atomic E-state index is 0.194. The van der Waals surface area contributed by atoms with E-state index in [9.17, 15) is 4.79 Å². The molecule has 36 heavy (non-hydrogen) atoms. The van der Waals surface area contributed by atoms with Crippen molar-refractivity contribution in [2.24, 2.45) is 7.05 Å². The number of amides is 1. The quantitative estimate of drug-likeness (QED) is 0.268. The number of piperidine rings is 1. The predicted octanol–water partition coefficient (Wildman–Crippen LogP) is 5.53. The Bertz CT molecular complexity index is 1350. The van der Waals surface area contributed by atoms with E-state index in [0.29, 0.717) is 29.8 Å². The summed E-state index contributed by atoms with van der Waals surface area (Å²) in [5.41, 5.74) is 3.07. The van der Waals surface area contributed by atoms with Gasteiger partial charge in [0.15, 0.2) is 0 Å². The number of anilines is 2. The Balaban J connectivity index is 1.24. The summed E-state index contributed by atoms with van der Waals surface area (Å²) >= 11 is 3.46. The second-order valence-electron chi connectivity index (χ2n) is 8.95. The number of fused-ring (bicyclic) bond motifs is 1. The maximum atomic E-state index is 12.6. The second-order valence-corrected chi connectivity index (χ2v) is 9.86. The van der Waals surface area contributed by atoms with Crippen LogP contribution < -0.4 is 20.7 Å². The number of pyridine rings is 1. The maximum Gasteiger partial charge on any atom is 0.270 e. The van der Waals surface area contributed by atoms with Gasteiger partial charge in [-0.25, -0.2) is 4.98 Å². The van der Waals surface area contributed by atoms with E-state index >= 15 is 0 Å². The minimum Gasteiger partial charge on any atom is -0.457 e. The molecule has 0 radical (unpaired) electrons. The Kier molecular flexibility index (Phi) is 7.48. The number of imidazole rings is 1. The van der Waals surface area contributed by atoms with Crippen LogP contribution in [-0.2, 0) is 7.05 Å². The molecule has 9 heteroatoms. The van der Waals surface area contributed by atoms with E-state index in [1.807, 2.05) is 54.1 Å². The van der Waals surface area contributed by atoms with E-state index in [4.69, 9.17) is 9.72 Å². The number of benzene rings is 2. The second kappa shape index (κ2) is 11.1. The first-order chi connectivity index (χ1) is 17.5. The molecule has 0 bridgehead atoms. The average Bonchev–Trinajstić information content (AvgIpc) is 3.20. The maximum absolute atomic E-state index is 12.6. The summed E-state index contributed by atoms with van der Waals surface area (Å²) in [4.78, 5) is 21.6. The molecule has 1 unspecified atom stereocenters. The molecule has 1 atom stereocenters. The number of aromatic nitrogens is 3. The molecule has 2 aromatic carbocycles. The first-order valence-corrected chi connectivity index (χ1v) is 13.0. The first-order valence-electron chi connectivity index (χ1n) is 12.2. The molecule has 1 aliphatic heterocycles. The minimum atomic E-state index is -0.194. The molecule has 5 rings (SSSR count). The van der Waals surface area contributed by atoms with Gasteiger partial charge in [-0.1, -0.05) is 22.4 Å². The topological polar surface area (TPSA) is 93.1 Å². The normalized spacial score (nSPS) is 15.6. The fourth-order valence-electron chi connectivity index (χ4n) is 4.37. The van der Waals surface area contributed by atoms with Gasteiger partial charge in [0, 0.05) is 48.1 Å². The Morgan fingerprint density at radius 3 is 2.78 bits per heavy atom. The van der Waals surface area contributed by atoms with Crippen LogP contribution in [0.2, 0.25) is 0 Å². The first kappa shape index (κ1) is 24.3. The van der Waals surface area contributed by atoms with Crippen molar-refractivity contribution in [1.82, 2.24) is 25.2 Å². The Morgan fingerprint density at radius 1 is 1.14 bits per heavy atom. The number of nitrogens with one attached hydrogen (secondary N) is 3. The number of aryl methyl sites for hydroxylation is 1. The van der Waals surface area contributed by atoms with E-state index in [1.165, 1.54) is 19.3 Å². The third-order valence-electron chi connectivity index (χ3n) is 6.34. The highest BCUT2D eigenvalue weighted by Crippen LogP contribution is 2.28. The molecule has 2 aromatic heterocycles. The van der Waals surface area contributed by atoms with Gasteiger partial charge in [0.2, 0.25) is 5.95 Å². The lowest BCUT2D eigenvalue weighted by Gasteiger charge is -2.23. The van der Waals surface area contributed by atoms with Crippen LogP contribution in [0.15, 0.2) is 65.3 Å². The van der Waals surface area contributed by atoms with Gasteiger partial charge in [-0.3, -0.25) is 9.78 Å². The molecule has 186 valence electrons. The number of rotatable bonds is 8. The van der Waals surface area contributed by atoms with E-state index in [0.717, 1.165) is 40.1 Å². The summed E-state index contributed by atoms with van der Waals surface area (Å²) in [6.07, 6.45) is 6.16. The lowest BCUT2D eigenvalue weighted by atomic mass is 10.0. The van der Waals surface area contributed by atoms with Crippen LogP contribution in [0.1, 0.15) is 36.2 Å². The summed E-state index contributed by atoms with van der Waals surface area (Å²) < 4.78 is 9.07. The van der Waals surface area contributed by atoms with Gasteiger partial charge in [-0.2, -0.15) is 0 Å². The van der Waals surface area contributed by atoms with Crippen molar-refractivity contribution in [3.63, 3.8) is 0 Å². The third-order valence-corrected chi connectivity index (χ3v) is 6.87. The fourth-order valence-corrected chi connectivity index (χ4v) is 4.64. The molecule has 0 saturated carbocycles. The van der Waals surface area contributed by atoms with E-state index in [1.54, 1.807) is 18.3 Å². The molecule has 3 N–H and O–H groups in total. The van der Waals surface area contributed by atoms with Crippen molar-refractivity contribution in [2.75, 3.05) is 18.4 Å². The van der Waals surface area contributed by atoms with Crippen LogP contribution >= 0.6 is 15.9 Å². The van der Waals surface area contributed by atoms with Crippen LogP contribution in [0.3, 0.4) is 0 Å². The predicted molar refractivity (Wildman–Crippen MR) is 145 cm³/mol. The number of carbonyl (C=O) groups is 1. The smallest absolute Gasteiger partial charge is 0.270 e. The molecule has 1 aliphatic rings. The van der Waals surface area contributed by atoms with Gasteiger partial charge in [-0.15, -0.1) is 0 Å². The molecular formula is C27H29BrN6O2. The van der Waals surface area contributed by atoms with Crippen molar-refractivity contribution in [3.05, 3.63) is 71.0 Å². The zero-order valence-corrected chi connectivity index (χ0v) is 21.7. The van der Waals surface area contributed by atoms with Crippen LogP contribution in [0, 0.1) is 0 Å². The van der Waals surface area contributed by atoms with Gasteiger partial charge in [0.05, 0.1) is 11.0 Å². The van der Waals surface area contributed by atoms with Crippen molar-refractivity contribution in [3.8, 4) is 11.5 Å². The van der Waals surface area contributed by atoms with E-state index < -0.39 is 0 Å². The fraction of sp³-hybridized carbons (Fsp3) is 0.296. The van der Waals surface area contributed by atoms with Crippen molar-refractivity contribution in [2.45, 2.75) is 31.7 Å². The van der Waals surface area contributed by atoms with Crippen LogP contribution in [-0.4, -0.2) is 39.6 Å². The number of nitrogens with zero attached hydrogens (tertiary/aromatic N) is 3. The van der Waals surface area contributed by atoms with E-state index in [-0.39, 0.29) is 5.91 Å².